The Kier molecular flexibility index (Phi) is 5.71. The maximum absolute atomic E-state index is 12.2. The molecule has 0 unspecified atom stereocenters. The van der Waals surface area contributed by atoms with E-state index in [1.807, 2.05) is 11.8 Å². The van der Waals surface area contributed by atoms with Gasteiger partial charge >= 0.3 is 0 Å². The summed E-state index contributed by atoms with van der Waals surface area (Å²) >= 11 is 0. The highest BCUT2D eigenvalue weighted by Gasteiger charge is 2.19. The lowest BCUT2D eigenvalue weighted by Gasteiger charge is -2.05. The SMILES string of the molecule is CCOc1ccc(C=NNS(=O)(=O)c2ccc(C)c([N+](=O)[O-])c2)cc1. The van der Waals surface area contributed by atoms with E-state index in [0.29, 0.717) is 23.5 Å². The predicted octanol–water partition coefficient (Wildman–Crippen LogP) is 2.61. The van der Waals surface area contributed by atoms with E-state index in [1.54, 1.807) is 24.3 Å². The average molecular weight is 363 g/mol. The lowest BCUT2D eigenvalue weighted by atomic mass is 10.2. The molecule has 8 nitrogen and oxygen atoms in total. The second kappa shape index (κ2) is 7.75. The highest BCUT2D eigenvalue weighted by atomic mass is 32.2. The van der Waals surface area contributed by atoms with Gasteiger partial charge in [-0.3, -0.25) is 10.1 Å². The van der Waals surface area contributed by atoms with Gasteiger partial charge in [0.1, 0.15) is 5.75 Å². The summed E-state index contributed by atoms with van der Waals surface area (Å²) in [6.45, 7) is 3.96. The third-order valence-electron chi connectivity index (χ3n) is 3.27. The highest BCUT2D eigenvalue weighted by Crippen LogP contribution is 2.22. The lowest BCUT2D eigenvalue weighted by molar-refractivity contribution is -0.385. The first-order valence-corrected chi connectivity index (χ1v) is 8.84. The summed E-state index contributed by atoms with van der Waals surface area (Å²) in [4.78, 5) is 12.1. The van der Waals surface area contributed by atoms with E-state index in [1.165, 1.54) is 25.3 Å². The summed E-state index contributed by atoms with van der Waals surface area (Å²) in [7, 11) is -4.00. The van der Waals surface area contributed by atoms with Crippen LogP contribution in [0.2, 0.25) is 0 Å². The van der Waals surface area contributed by atoms with Gasteiger partial charge in [-0.15, -0.1) is 0 Å². The Morgan fingerprint density at radius 3 is 2.52 bits per heavy atom. The van der Waals surface area contributed by atoms with Crippen molar-refractivity contribution in [2.45, 2.75) is 18.7 Å². The zero-order valence-electron chi connectivity index (χ0n) is 13.7. The second-order valence-electron chi connectivity index (χ2n) is 5.06. The summed E-state index contributed by atoms with van der Waals surface area (Å²) in [5, 5.41) is 14.6. The molecular weight excluding hydrogens is 346 g/mol. The summed E-state index contributed by atoms with van der Waals surface area (Å²) in [5.41, 5.74) is 0.779. The molecule has 0 aliphatic carbocycles. The number of nitro groups is 1. The van der Waals surface area contributed by atoms with Gasteiger partial charge in [0.25, 0.3) is 15.7 Å². The topological polar surface area (TPSA) is 111 Å². The minimum Gasteiger partial charge on any atom is -0.494 e. The van der Waals surface area contributed by atoms with Crippen molar-refractivity contribution in [3.8, 4) is 5.75 Å². The fraction of sp³-hybridized carbons (Fsp3) is 0.188. The number of hydrogen-bond acceptors (Lipinski definition) is 6. The van der Waals surface area contributed by atoms with E-state index >= 15 is 0 Å². The molecule has 0 saturated carbocycles. The van der Waals surface area contributed by atoms with Gasteiger partial charge in [-0.25, -0.2) is 4.83 Å². The second-order valence-corrected chi connectivity index (χ2v) is 6.72. The Morgan fingerprint density at radius 1 is 1.24 bits per heavy atom. The Balaban J connectivity index is 2.13. The Morgan fingerprint density at radius 2 is 1.92 bits per heavy atom. The van der Waals surface area contributed by atoms with Crippen LogP contribution in [0.25, 0.3) is 0 Å². The molecule has 0 bridgehead atoms. The fourth-order valence-electron chi connectivity index (χ4n) is 1.99. The van der Waals surface area contributed by atoms with Gasteiger partial charge in [0.05, 0.1) is 22.6 Å². The van der Waals surface area contributed by atoms with Crippen molar-refractivity contribution in [2.24, 2.45) is 5.10 Å². The van der Waals surface area contributed by atoms with Crippen LogP contribution in [0.1, 0.15) is 18.1 Å². The molecule has 0 aromatic heterocycles. The molecule has 9 heteroatoms. The number of nitrogens with one attached hydrogen (secondary N) is 1. The van der Waals surface area contributed by atoms with Gasteiger partial charge in [-0.05, 0) is 49.7 Å². The lowest BCUT2D eigenvalue weighted by Crippen LogP contribution is -2.18. The zero-order valence-corrected chi connectivity index (χ0v) is 14.5. The molecule has 0 aliphatic heterocycles. The molecule has 0 atom stereocenters. The molecule has 0 saturated heterocycles. The van der Waals surface area contributed by atoms with Crippen molar-refractivity contribution < 1.29 is 18.1 Å². The number of hydrogen-bond donors (Lipinski definition) is 1. The number of benzene rings is 2. The number of ether oxygens (including phenoxy) is 1. The third kappa shape index (κ3) is 4.77. The van der Waals surface area contributed by atoms with Gasteiger partial charge < -0.3 is 4.74 Å². The number of hydrazone groups is 1. The van der Waals surface area contributed by atoms with Crippen molar-refractivity contribution >= 4 is 21.9 Å². The van der Waals surface area contributed by atoms with Crippen LogP contribution >= 0.6 is 0 Å². The monoisotopic (exact) mass is 363 g/mol. The maximum atomic E-state index is 12.2. The van der Waals surface area contributed by atoms with Gasteiger partial charge in [0.15, 0.2) is 0 Å². The first-order valence-electron chi connectivity index (χ1n) is 7.36. The summed E-state index contributed by atoms with van der Waals surface area (Å²) < 4.78 is 29.7. The largest absolute Gasteiger partial charge is 0.494 e. The molecule has 0 aliphatic rings. The average Bonchev–Trinajstić information content (AvgIpc) is 2.56. The van der Waals surface area contributed by atoms with Crippen molar-refractivity contribution in [3.63, 3.8) is 0 Å². The number of aryl methyl sites for hydroxylation is 1. The highest BCUT2D eigenvalue weighted by molar-refractivity contribution is 7.89. The van der Waals surface area contributed by atoms with Crippen LogP contribution in [0.5, 0.6) is 5.75 Å². The molecular formula is C16H17N3O5S. The van der Waals surface area contributed by atoms with E-state index in [9.17, 15) is 18.5 Å². The number of nitro benzene ring substituents is 1. The molecule has 2 aromatic rings. The number of sulfonamides is 1. The normalized spacial score (nSPS) is 11.4. The van der Waals surface area contributed by atoms with Crippen molar-refractivity contribution in [1.82, 2.24) is 4.83 Å². The maximum Gasteiger partial charge on any atom is 0.276 e. The first-order chi connectivity index (χ1) is 11.8. The summed E-state index contributed by atoms with van der Waals surface area (Å²) in [6.07, 6.45) is 1.33. The van der Waals surface area contributed by atoms with Crippen LogP contribution in [-0.4, -0.2) is 26.2 Å². The van der Waals surface area contributed by atoms with Crippen LogP contribution in [-0.2, 0) is 10.0 Å². The molecule has 0 amide bonds. The van der Waals surface area contributed by atoms with E-state index in [4.69, 9.17) is 4.74 Å². The minimum atomic E-state index is -4.00. The number of rotatable bonds is 7. The van der Waals surface area contributed by atoms with Crippen LogP contribution < -0.4 is 9.57 Å². The van der Waals surface area contributed by atoms with Gasteiger partial charge in [-0.2, -0.15) is 13.5 Å². The smallest absolute Gasteiger partial charge is 0.276 e. The molecule has 0 radical (unpaired) electrons. The number of nitrogens with zero attached hydrogens (tertiary/aromatic N) is 2. The third-order valence-corrected chi connectivity index (χ3v) is 4.49. The van der Waals surface area contributed by atoms with Crippen LogP contribution in [0.3, 0.4) is 0 Å². The van der Waals surface area contributed by atoms with E-state index in [0.717, 1.165) is 6.07 Å². The van der Waals surface area contributed by atoms with Crippen LogP contribution in [0, 0.1) is 17.0 Å². The van der Waals surface area contributed by atoms with Crippen LogP contribution in [0.4, 0.5) is 5.69 Å². The fourth-order valence-corrected chi connectivity index (χ4v) is 2.80. The minimum absolute atomic E-state index is 0.228. The molecule has 25 heavy (non-hydrogen) atoms. The molecule has 132 valence electrons. The Bertz CT molecular complexity index is 892. The van der Waals surface area contributed by atoms with Crippen LogP contribution in [0.15, 0.2) is 52.5 Å². The quantitative estimate of drug-likeness (QED) is 0.462. The Hall–Kier alpha value is -2.94. The van der Waals surface area contributed by atoms with Crippen molar-refractivity contribution in [2.75, 3.05) is 6.61 Å². The molecule has 2 aromatic carbocycles. The van der Waals surface area contributed by atoms with E-state index < -0.39 is 14.9 Å². The van der Waals surface area contributed by atoms with Gasteiger partial charge in [0, 0.05) is 11.6 Å². The molecule has 2 rings (SSSR count). The molecule has 0 fully saturated rings. The Labute approximate surface area is 145 Å². The van der Waals surface area contributed by atoms with E-state index in [2.05, 4.69) is 5.10 Å². The molecule has 0 spiro atoms. The molecule has 0 heterocycles. The van der Waals surface area contributed by atoms with E-state index in [-0.39, 0.29) is 10.6 Å². The first kappa shape index (κ1) is 18.4. The summed E-state index contributed by atoms with van der Waals surface area (Å²) in [5.74, 6) is 0.701. The summed E-state index contributed by atoms with van der Waals surface area (Å²) in [6, 6.07) is 10.6. The van der Waals surface area contributed by atoms with Crippen molar-refractivity contribution in [1.29, 1.82) is 0 Å². The molecule has 1 N–H and O–H groups in total. The zero-order chi connectivity index (χ0) is 18.4. The standard InChI is InChI=1S/C16H17N3O5S/c1-3-24-14-7-5-13(6-8-14)11-17-18-25(22,23)15-9-4-12(2)16(10-15)19(20)21/h4-11,18H,3H2,1-2H3. The van der Waals surface area contributed by atoms with Gasteiger partial charge in [0.2, 0.25) is 0 Å². The van der Waals surface area contributed by atoms with Crippen molar-refractivity contribution in [3.05, 3.63) is 63.7 Å². The van der Waals surface area contributed by atoms with Gasteiger partial charge in [-0.1, -0.05) is 6.07 Å². The predicted molar refractivity (Wildman–Crippen MR) is 93.4 cm³/mol.